The van der Waals surface area contributed by atoms with E-state index < -0.39 is 11.9 Å². The van der Waals surface area contributed by atoms with Crippen molar-refractivity contribution < 1.29 is 14.6 Å². The fourth-order valence-electron chi connectivity index (χ4n) is 1.85. The van der Waals surface area contributed by atoms with E-state index in [0.717, 1.165) is 12.8 Å². The van der Waals surface area contributed by atoms with Gasteiger partial charge in [-0.3, -0.25) is 4.79 Å². The molecule has 1 aliphatic rings. The van der Waals surface area contributed by atoms with Gasteiger partial charge in [-0.1, -0.05) is 12.2 Å². The number of aliphatic hydroxyl groups is 1. The zero-order valence-corrected chi connectivity index (χ0v) is 9.39. The first-order chi connectivity index (χ1) is 7.64. The molecule has 3 nitrogen and oxygen atoms in total. The fraction of sp³-hybridized carbons (Fsp3) is 0.462. The van der Waals surface area contributed by atoms with Crippen molar-refractivity contribution in [2.24, 2.45) is 0 Å². The van der Waals surface area contributed by atoms with Crippen molar-refractivity contribution in [3.63, 3.8) is 0 Å². The predicted octanol–water partition coefficient (Wildman–Crippen LogP) is 2.13. The van der Waals surface area contributed by atoms with Gasteiger partial charge in [-0.15, -0.1) is 13.2 Å². The molecule has 1 aliphatic heterocycles. The maximum absolute atomic E-state index is 11.8. The molecule has 0 bridgehead atoms. The Morgan fingerprint density at radius 1 is 1.50 bits per heavy atom. The number of hydrogen-bond donors (Lipinski definition) is 1. The number of carbonyl (C=O) groups excluding carboxylic acids is 1. The quantitative estimate of drug-likeness (QED) is 0.553. The van der Waals surface area contributed by atoms with Gasteiger partial charge in [-0.05, 0) is 31.4 Å². The molecular formula is C13H18O3. The molecule has 0 saturated heterocycles. The van der Waals surface area contributed by atoms with Gasteiger partial charge in [-0.25, -0.2) is 0 Å². The summed E-state index contributed by atoms with van der Waals surface area (Å²) in [5.74, 6) is -0.0956. The van der Waals surface area contributed by atoms with E-state index in [0.29, 0.717) is 12.8 Å². The van der Waals surface area contributed by atoms with E-state index in [9.17, 15) is 9.90 Å². The molecule has 0 amide bonds. The molecular weight excluding hydrogens is 204 g/mol. The molecule has 88 valence electrons. The summed E-state index contributed by atoms with van der Waals surface area (Å²) in [6.07, 6.45) is 7.84. The minimum atomic E-state index is -0.999. The molecule has 1 heterocycles. The number of ether oxygens (including phenoxy) is 1. The second-order valence-corrected chi connectivity index (χ2v) is 3.90. The largest absolute Gasteiger partial charge is 0.365 e. The molecule has 3 heteroatoms. The first-order valence-corrected chi connectivity index (χ1v) is 5.45. The lowest BCUT2D eigenvalue weighted by atomic mass is 9.86. The molecule has 0 saturated carbocycles. The van der Waals surface area contributed by atoms with Crippen molar-refractivity contribution in [1.29, 1.82) is 0 Å². The van der Waals surface area contributed by atoms with Crippen molar-refractivity contribution in [2.45, 2.75) is 37.6 Å². The zero-order valence-electron chi connectivity index (χ0n) is 9.39. The smallest absolute Gasteiger partial charge is 0.187 e. The van der Waals surface area contributed by atoms with Gasteiger partial charge in [-0.2, -0.15) is 0 Å². The van der Waals surface area contributed by atoms with Gasteiger partial charge in [0, 0.05) is 6.42 Å². The molecule has 0 aromatic heterocycles. The summed E-state index contributed by atoms with van der Waals surface area (Å²) >= 11 is 0. The highest BCUT2D eigenvalue weighted by Gasteiger charge is 2.40. The normalized spacial score (nSPS) is 29.1. The Morgan fingerprint density at radius 3 is 2.88 bits per heavy atom. The van der Waals surface area contributed by atoms with E-state index in [1.165, 1.54) is 12.2 Å². The van der Waals surface area contributed by atoms with Crippen LogP contribution in [0.5, 0.6) is 0 Å². The molecule has 1 N–H and O–H groups in total. The van der Waals surface area contributed by atoms with Gasteiger partial charge in [0.1, 0.15) is 5.60 Å². The highest BCUT2D eigenvalue weighted by atomic mass is 16.6. The van der Waals surface area contributed by atoms with Gasteiger partial charge < -0.3 is 9.84 Å². The Bertz CT molecular complexity index is 306. The molecule has 16 heavy (non-hydrogen) atoms. The van der Waals surface area contributed by atoms with E-state index in [-0.39, 0.29) is 5.78 Å². The average molecular weight is 222 g/mol. The number of hydrogen-bond acceptors (Lipinski definition) is 3. The van der Waals surface area contributed by atoms with Crippen LogP contribution in [0.25, 0.3) is 0 Å². The van der Waals surface area contributed by atoms with Crippen LogP contribution in [0.2, 0.25) is 0 Å². The summed E-state index contributed by atoms with van der Waals surface area (Å²) in [7, 11) is 0. The van der Waals surface area contributed by atoms with Crippen LogP contribution >= 0.6 is 0 Å². The van der Waals surface area contributed by atoms with E-state index in [2.05, 4.69) is 13.2 Å². The summed E-state index contributed by atoms with van der Waals surface area (Å²) in [5, 5.41) is 9.43. The molecule has 0 radical (unpaired) electrons. The Labute approximate surface area is 96.1 Å². The second kappa shape index (κ2) is 5.77. The number of carbonyl (C=O) groups is 1. The Balaban J connectivity index is 2.77. The van der Waals surface area contributed by atoms with Gasteiger partial charge in [0.2, 0.25) is 0 Å². The Hall–Kier alpha value is -1.19. The molecule has 0 aromatic rings. The molecule has 0 aliphatic carbocycles. The van der Waals surface area contributed by atoms with Crippen molar-refractivity contribution in [2.75, 3.05) is 0 Å². The summed E-state index contributed by atoms with van der Waals surface area (Å²) in [6.45, 7) is 7.27. The number of aliphatic hydroxyl groups excluding tert-OH is 1. The SMILES string of the molecule is C=CCCCC1(CC=C)OC(O)C=CC1=O. The van der Waals surface area contributed by atoms with Crippen LogP contribution in [-0.2, 0) is 9.53 Å². The minimum absolute atomic E-state index is 0.0956. The van der Waals surface area contributed by atoms with Gasteiger partial charge in [0.25, 0.3) is 0 Å². The first kappa shape index (κ1) is 12.9. The Morgan fingerprint density at radius 2 is 2.25 bits per heavy atom. The van der Waals surface area contributed by atoms with Gasteiger partial charge in [0.05, 0.1) is 0 Å². The fourth-order valence-corrected chi connectivity index (χ4v) is 1.85. The summed E-state index contributed by atoms with van der Waals surface area (Å²) < 4.78 is 5.39. The molecule has 2 unspecified atom stereocenters. The summed E-state index contributed by atoms with van der Waals surface area (Å²) in [4.78, 5) is 11.8. The third-order valence-electron chi connectivity index (χ3n) is 2.67. The highest BCUT2D eigenvalue weighted by molar-refractivity contribution is 5.97. The molecule has 1 rings (SSSR count). The standard InChI is InChI=1S/C13H18O3/c1-3-5-6-10-13(9-4-2)11(14)7-8-12(15)16-13/h3-4,7-8,12,15H,1-2,5-6,9-10H2. The number of allylic oxidation sites excluding steroid dienone is 1. The van der Waals surface area contributed by atoms with Crippen molar-refractivity contribution in [3.8, 4) is 0 Å². The first-order valence-electron chi connectivity index (χ1n) is 5.45. The van der Waals surface area contributed by atoms with Crippen LogP contribution < -0.4 is 0 Å². The van der Waals surface area contributed by atoms with E-state index in [1.54, 1.807) is 12.2 Å². The average Bonchev–Trinajstić information content (AvgIpc) is 2.25. The molecule has 0 aromatic carbocycles. The van der Waals surface area contributed by atoms with Crippen LogP contribution in [0, 0.1) is 0 Å². The second-order valence-electron chi connectivity index (χ2n) is 3.90. The highest BCUT2D eigenvalue weighted by Crippen LogP contribution is 2.30. The van der Waals surface area contributed by atoms with E-state index >= 15 is 0 Å². The van der Waals surface area contributed by atoms with Crippen LogP contribution in [0.4, 0.5) is 0 Å². The van der Waals surface area contributed by atoms with Crippen LogP contribution in [0.1, 0.15) is 25.7 Å². The number of rotatable bonds is 6. The Kier molecular flexibility index (Phi) is 4.65. The van der Waals surface area contributed by atoms with Crippen LogP contribution in [0.15, 0.2) is 37.5 Å². The number of ketones is 1. The minimum Gasteiger partial charge on any atom is -0.365 e. The van der Waals surface area contributed by atoms with Crippen LogP contribution in [-0.4, -0.2) is 22.8 Å². The van der Waals surface area contributed by atoms with Gasteiger partial charge >= 0.3 is 0 Å². The van der Waals surface area contributed by atoms with Crippen molar-refractivity contribution in [3.05, 3.63) is 37.5 Å². The predicted molar refractivity (Wildman–Crippen MR) is 62.8 cm³/mol. The summed E-state index contributed by atoms with van der Waals surface area (Å²) in [6, 6.07) is 0. The molecule has 0 spiro atoms. The maximum Gasteiger partial charge on any atom is 0.187 e. The van der Waals surface area contributed by atoms with Crippen molar-refractivity contribution >= 4 is 5.78 Å². The maximum atomic E-state index is 11.8. The number of unbranched alkanes of at least 4 members (excludes halogenated alkanes) is 1. The van der Waals surface area contributed by atoms with Gasteiger partial charge in [0.15, 0.2) is 12.1 Å². The monoisotopic (exact) mass is 222 g/mol. The zero-order chi connectivity index (χ0) is 12.0. The molecule has 2 atom stereocenters. The van der Waals surface area contributed by atoms with Crippen LogP contribution in [0.3, 0.4) is 0 Å². The molecule has 0 fully saturated rings. The lowest BCUT2D eigenvalue weighted by Crippen LogP contribution is -2.45. The topological polar surface area (TPSA) is 46.5 Å². The van der Waals surface area contributed by atoms with Crippen molar-refractivity contribution in [1.82, 2.24) is 0 Å². The van der Waals surface area contributed by atoms with E-state index in [4.69, 9.17) is 4.74 Å². The van der Waals surface area contributed by atoms with E-state index in [1.807, 2.05) is 0 Å². The third-order valence-corrected chi connectivity index (χ3v) is 2.67. The lowest BCUT2D eigenvalue weighted by Gasteiger charge is -2.34. The lowest BCUT2D eigenvalue weighted by molar-refractivity contribution is -0.180. The third kappa shape index (κ3) is 2.90. The summed E-state index contributed by atoms with van der Waals surface area (Å²) in [5.41, 5.74) is -0.932.